The first-order valence-electron chi connectivity index (χ1n) is 7.62. The van der Waals surface area contributed by atoms with Gasteiger partial charge in [0, 0.05) is 0 Å². The van der Waals surface area contributed by atoms with E-state index in [0.29, 0.717) is 5.56 Å². The van der Waals surface area contributed by atoms with E-state index in [9.17, 15) is 19.8 Å². The van der Waals surface area contributed by atoms with Crippen molar-refractivity contribution in [1.29, 1.82) is 0 Å². The standard InChI is InChI=1S/C17H24O4/c1-3-5-8-12(9-6-4-2)15-13(16(18)19)10-7-11-14(15)17(20)21/h7,10-12H,3-6,8-9H2,1-2H3,(H,18,19)(H,20,21). The summed E-state index contributed by atoms with van der Waals surface area (Å²) >= 11 is 0. The Morgan fingerprint density at radius 2 is 1.38 bits per heavy atom. The molecule has 0 aliphatic rings. The fourth-order valence-electron chi connectivity index (χ4n) is 2.71. The molecule has 0 saturated heterocycles. The number of benzene rings is 1. The lowest BCUT2D eigenvalue weighted by atomic mass is 9.83. The highest BCUT2D eigenvalue weighted by Crippen LogP contribution is 2.33. The van der Waals surface area contributed by atoms with E-state index < -0.39 is 11.9 Å². The predicted octanol–water partition coefficient (Wildman–Crippen LogP) is 4.55. The second-order valence-electron chi connectivity index (χ2n) is 5.36. The first-order valence-corrected chi connectivity index (χ1v) is 7.62. The topological polar surface area (TPSA) is 74.6 Å². The van der Waals surface area contributed by atoms with Gasteiger partial charge in [-0.3, -0.25) is 0 Å². The van der Waals surface area contributed by atoms with Gasteiger partial charge in [0.05, 0.1) is 11.1 Å². The molecule has 116 valence electrons. The van der Waals surface area contributed by atoms with Crippen LogP contribution in [0.5, 0.6) is 0 Å². The van der Waals surface area contributed by atoms with Crippen LogP contribution in [0.25, 0.3) is 0 Å². The van der Waals surface area contributed by atoms with Crippen LogP contribution in [0, 0.1) is 0 Å². The molecular weight excluding hydrogens is 268 g/mol. The maximum Gasteiger partial charge on any atom is 0.335 e. The van der Waals surface area contributed by atoms with Crippen molar-refractivity contribution in [2.24, 2.45) is 0 Å². The highest BCUT2D eigenvalue weighted by atomic mass is 16.4. The molecule has 0 aliphatic heterocycles. The van der Waals surface area contributed by atoms with Crippen LogP contribution in [0.15, 0.2) is 18.2 Å². The van der Waals surface area contributed by atoms with Crippen LogP contribution in [-0.4, -0.2) is 22.2 Å². The second kappa shape index (κ2) is 8.45. The van der Waals surface area contributed by atoms with Crippen molar-refractivity contribution in [2.45, 2.75) is 58.3 Å². The van der Waals surface area contributed by atoms with E-state index in [-0.39, 0.29) is 17.0 Å². The maximum absolute atomic E-state index is 11.5. The lowest BCUT2D eigenvalue weighted by Crippen LogP contribution is -2.14. The Labute approximate surface area is 125 Å². The largest absolute Gasteiger partial charge is 0.478 e. The van der Waals surface area contributed by atoms with Gasteiger partial charge < -0.3 is 10.2 Å². The van der Waals surface area contributed by atoms with Crippen molar-refractivity contribution in [3.8, 4) is 0 Å². The third-order valence-electron chi connectivity index (χ3n) is 3.79. The van der Waals surface area contributed by atoms with Crippen LogP contribution in [0.2, 0.25) is 0 Å². The molecule has 4 heteroatoms. The minimum Gasteiger partial charge on any atom is -0.478 e. The van der Waals surface area contributed by atoms with Crippen molar-refractivity contribution in [1.82, 2.24) is 0 Å². The van der Waals surface area contributed by atoms with E-state index in [1.807, 2.05) is 0 Å². The quantitative estimate of drug-likeness (QED) is 0.700. The van der Waals surface area contributed by atoms with Crippen molar-refractivity contribution in [3.05, 3.63) is 34.9 Å². The van der Waals surface area contributed by atoms with Crippen LogP contribution >= 0.6 is 0 Å². The highest BCUT2D eigenvalue weighted by Gasteiger charge is 2.24. The van der Waals surface area contributed by atoms with Crippen molar-refractivity contribution < 1.29 is 19.8 Å². The lowest BCUT2D eigenvalue weighted by molar-refractivity contribution is 0.0694. The smallest absolute Gasteiger partial charge is 0.335 e. The highest BCUT2D eigenvalue weighted by molar-refractivity contribution is 5.96. The molecule has 2 N–H and O–H groups in total. The number of unbranched alkanes of at least 4 members (excludes halogenated alkanes) is 2. The van der Waals surface area contributed by atoms with Crippen LogP contribution in [-0.2, 0) is 0 Å². The van der Waals surface area contributed by atoms with Gasteiger partial charge in [0.15, 0.2) is 0 Å². The number of carboxylic acid groups (broad SMARTS) is 2. The summed E-state index contributed by atoms with van der Waals surface area (Å²) in [4.78, 5) is 22.9. The third kappa shape index (κ3) is 4.59. The van der Waals surface area contributed by atoms with E-state index in [2.05, 4.69) is 13.8 Å². The molecule has 1 aromatic rings. The molecule has 21 heavy (non-hydrogen) atoms. The van der Waals surface area contributed by atoms with Gasteiger partial charge in [0.2, 0.25) is 0 Å². The van der Waals surface area contributed by atoms with Gasteiger partial charge in [-0.2, -0.15) is 0 Å². The molecule has 1 rings (SSSR count). The van der Waals surface area contributed by atoms with Crippen LogP contribution in [0.4, 0.5) is 0 Å². The Kier molecular flexibility index (Phi) is 6.92. The molecule has 0 aliphatic carbocycles. The molecule has 0 aromatic heterocycles. The zero-order valence-corrected chi connectivity index (χ0v) is 12.8. The monoisotopic (exact) mass is 292 g/mol. The van der Waals surface area contributed by atoms with Gasteiger partial charge in [0.25, 0.3) is 0 Å². The average molecular weight is 292 g/mol. The van der Waals surface area contributed by atoms with Gasteiger partial charge in [-0.15, -0.1) is 0 Å². The summed E-state index contributed by atoms with van der Waals surface area (Å²) < 4.78 is 0. The van der Waals surface area contributed by atoms with Crippen LogP contribution < -0.4 is 0 Å². The van der Waals surface area contributed by atoms with E-state index in [4.69, 9.17) is 0 Å². The number of hydrogen-bond acceptors (Lipinski definition) is 2. The molecule has 0 amide bonds. The SMILES string of the molecule is CCCCC(CCCC)c1c(C(=O)O)cccc1C(=O)O. The number of aromatic carboxylic acids is 2. The minimum atomic E-state index is -1.05. The Morgan fingerprint density at radius 3 is 1.71 bits per heavy atom. The number of rotatable bonds is 9. The number of hydrogen-bond donors (Lipinski definition) is 2. The van der Waals surface area contributed by atoms with Gasteiger partial charge in [-0.1, -0.05) is 45.6 Å². The summed E-state index contributed by atoms with van der Waals surface area (Å²) in [6.07, 6.45) is 5.64. The molecule has 0 heterocycles. The van der Waals surface area contributed by atoms with E-state index in [0.717, 1.165) is 38.5 Å². The van der Waals surface area contributed by atoms with Crippen LogP contribution in [0.1, 0.15) is 84.6 Å². The summed E-state index contributed by atoms with van der Waals surface area (Å²) in [5.74, 6) is -2.10. The molecule has 1 aromatic carbocycles. The molecule has 0 bridgehead atoms. The Hall–Kier alpha value is -1.84. The van der Waals surface area contributed by atoms with Gasteiger partial charge in [0.1, 0.15) is 0 Å². The zero-order valence-electron chi connectivity index (χ0n) is 12.8. The van der Waals surface area contributed by atoms with Gasteiger partial charge >= 0.3 is 11.9 Å². The molecule has 0 saturated carbocycles. The second-order valence-corrected chi connectivity index (χ2v) is 5.36. The molecule has 4 nitrogen and oxygen atoms in total. The zero-order chi connectivity index (χ0) is 15.8. The predicted molar refractivity (Wildman–Crippen MR) is 82.2 cm³/mol. The Bertz CT molecular complexity index is 453. The maximum atomic E-state index is 11.5. The van der Waals surface area contributed by atoms with Crippen molar-refractivity contribution in [2.75, 3.05) is 0 Å². The van der Waals surface area contributed by atoms with E-state index in [1.165, 1.54) is 18.2 Å². The van der Waals surface area contributed by atoms with Crippen molar-refractivity contribution >= 4 is 11.9 Å². The Balaban J connectivity index is 3.30. The third-order valence-corrected chi connectivity index (χ3v) is 3.79. The Morgan fingerprint density at radius 1 is 0.952 bits per heavy atom. The van der Waals surface area contributed by atoms with Crippen molar-refractivity contribution in [3.63, 3.8) is 0 Å². The fraction of sp³-hybridized carbons (Fsp3) is 0.529. The molecule has 0 unspecified atom stereocenters. The number of carboxylic acids is 2. The molecule has 0 fully saturated rings. The lowest BCUT2D eigenvalue weighted by Gasteiger charge is -2.21. The normalized spacial score (nSPS) is 10.8. The summed E-state index contributed by atoms with van der Waals surface area (Å²) in [5, 5.41) is 18.8. The fourth-order valence-corrected chi connectivity index (χ4v) is 2.71. The molecule has 0 radical (unpaired) electrons. The summed E-state index contributed by atoms with van der Waals surface area (Å²) in [5.41, 5.74) is 0.763. The van der Waals surface area contributed by atoms with Gasteiger partial charge in [-0.25, -0.2) is 9.59 Å². The first kappa shape index (κ1) is 17.2. The summed E-state index contributed by atoms with van der Waals surface area (Å²) in [6.45, 7) is 4.16. The van der Waals surface area contributed by atoms with E-state index in [1.54, 1.807) is 0 Å². The summed E-state index contributed by atoms with van der Waals surface area (Å²) in [7, 11) is 0. The molecule has 0 spiro atoms. The average Bonchev–Trinajstić information content (AvgIpc) is 2.46. The van der Waals surface area contributed by atoms with Gasteiger partial charge in [-0.05, 0) is 36.5 Å². The van der Waals surface area contributed by atoms with Crippen LogP contribution in [0.3, 0.4) is 0 Å². The minimum absolute atomic E-state index is 0.00306. The molecular formula is C17H24O4. The molecule has 0 atom stereocenters. The first-order chi connectivity index (χ1) is 10.0. The number of carbonyl (C=O) groups is 2. The summed E-state index contributed by atoms with van der Waals surface area (Å²) in [6, 6.07) is 4.52. The van der Waals surface area contributed by atoms with E-state index >= 15 is 0 Å².